The van der Waals surface area contributed by atoms with Gasteiger partial charge in [-0.2, -0.15) is 0 Å². The highest BCUT2D eigenvalue weighted by molar-refractivity contribution is 7.99. The Labute approximate surface area is 154 Å². The maximum atomic E-state index is 13.0. The van der Waals surface area contributed by atoms with Crippen LogP contribution >= 0.6 is 23.4 Å². The van der Waals surface area contributed by atoms with Gasteiger partial charge in [0, 0.05) is 10.6 Å². The minimum absolute atomic E-state index is 0.0751. The first-order chi connectivity index (χ1) is 12.0. The Morgan fingerprint density at radius 2 is 1.96 bits per heavy atom. The standard InChI is InChI=1S/C18H17ClFNO3S/c1-12(18(23)21-16-8-7-13(20)11-15(16)19)24-17(22)9-10-25-14-5-3-2-4-6-14/h2-8,11-12H,9-10H2,1H3,(H,21,23)/t12-/m0/s1. The molecular weight excluding hydrogens is 365 g/mol. The maximum Gasteiger partial charge on any atom is 0.307 e. The highest BCUT2D eigenvalue weighted by Crippen LogP contribution is 2.23. The van der Waals surface area contributed by atoms with Gasteiger partial charge in [0.2, 0.25) is 0 Å². The molecule has 0 aromatic heterocycles. The Kier molecular flexibility index (Phi) is 7.28. The molecule has 132 valence electrons. The van der Waals surface area contributed by atoms with Crippen molar-refractivity contribution in [3.8, 4) is 0 Å². The molecule has 0 radical (unpaired) electrons. The van der Waals surface area contributed by atoms with Crippen LogP contribution in [0.5, 0.6) is 0 Å². The fourth-order valence-corrected chi connectivity index (χ4v) is 2.97. The first-order valence-electron chi connectivity index (χ1n) is 7.59. The number of carbonyl (C=O) groups is 2. The van der Waals surface area contributed by atoms with Gasteiger partial charge in [0.15, 0.2) is 6.10 Å². The summed E-state index contributed by atoms with van der Waals surface area (Å²) < 4.78 is 18.1. The van der Waals surface area contributed by atoms with Crippen LogP contribution in [-0.2, 0) is 14.3 Å². The molecule has 0 saturated heterocycles. The van der Waals surface area contributed by atoms with Gasteiger partial charge in [0.1, 0.15) is 5.82 Å². The number of carbonyl (C=O) groups excluding carboxylic acids is 2. The molecule has 0 saturated carbocycles. The quantitative estimate of drug-likeness (QED) is 0.565. The topological polar surface area (TPSA) is 55.4 Å². The predicted molar refractivity (Wildman–Crippen MR) is 97.4 cm³/mol. The summed E-state index contributed by atoms with van der Waals surface area (Å²) in [6.45, 7) is 1.47. The number of esters is 1. The van der Waals surface area contributed by atoms with Gasteiger partial charge in [-0.15, -0.1) is 11.8 Å². The Bertz CT molecular complexity index is 742. The molecule has 0 aliphatic carbocycles. The number of benzene rings is 2. The van der Waals surface area contributed by atoms with E-state index >= 15 is 0 Å². The molecule has 2 aromatic carbocycles. The van der Waals surface area contributed by atoms with Crippen LogP contribution in [0.15, 0.2) is 53.4 Å². The zero-order chi connectivity index (χ0) is 18.2. The van der Waals surface area contributed by atoms with E-state index in [1.54, 1.807) is 0 Å². The van der Waals surface area contributed by atoms with Gasteiger partial charge in [-0.05, 0) is 37.3 Å². The summed E-state index contributed by atoms with van der Waals surface area (Å²) in [4.78, 5) is 24.9. The molecule has 0 aliphatic rings. The van der Waals surface area contributed by atoms with Gasteiger partial charge in [-0.3, -0.25) is 9.59 Å². The number of anilines is 1. The van der Waals surface area contributed by atoms with E-state index in [-0.39, 0.29) is 17.1 Å². The molecule has 2 aromatic rings. The second-order valence-electron chi connectivity index (χ2n) is 5.16. The minimum atomic E-state index is -0.977. The lowest BCUT2D eigenvalue weighted by molar-refractivity contribution is -0.152. The van der Waals surface area contributed by atoms with Crippen molar-refractivity contribution in [3.05, 3.63) is 59.4 Å². The zero-order valence-electron chi connectivity index (χ0n) is 13.5. The Hall–Kier alpha value is -2.05. The van der Waals surface area contributed by atoms with Crippen molar-refractivity contribution < 1.29 is 18.7 Å². The number of hydrogen-bond donors (Lipinski definition) is 1. The van der Waals surface area contributed by atoms with E-state index < -0.39 is 23.8 Å². The summed E-state index contributed by atoms with van der Waals surface area (Å²) in [5.74, 6) is -0.937. The average Bonchev–Trinajstić information content (AvgIpc) is 2.58. The summed E-state index contributed by atoms with van der Waals surface area (Å²) in [6.07, 6.45) is -0.788. The van der Waals surface area contributed by atoms with Crippen molar-refractivity contribution in [3.63, 3.8) is 0 Å². The van der Waals surface area contributed by atoms with Crippen LogP contribution in [0.4, 0.5) is 10.1 Å². The third-order valence-corrected chi connectivity index (χ3v) is 4.51. The van der Waals surface area contributed by atoms with Crippen molar-refractivity contribution in [1.82, 2.24) is 0 Å². The van der Waals surface area contributed by atoms with Crippen LogP contribution in [0.1, 0.15) is 13.3 Å². The minimum Gasteiger partial charge on any atom is -0.453 e. The highest BCUT2D eigenvalue weighted by atomic mass is 35.5. The number of rotatable bonds is 7. The van der Waals surface area contributed by atoms with Crippen molar-refractivity contribution in [2.45, 2.75) is 24.3 Å². The van der Waals surface area contributed by atoms with Crippen molar-refractivity contribution in [1.29, 1.82) is 0 Å². The average molecular weight is 382 g/mol. The molecule has 1 amide bonds. The third-order valence-electron chi connectivity index (χ3n) is 3.18. The predicted octanol–water partition coefficient (Wildman–Crippen LogP) is 4.53. The van der Waals surface area contributed by atoms with Crippen molar-refractivity contribution >= 4 is 40.9 Å². The molecule has 7 heteroatoms. The molecule has 0 bridgehead atoms. The molecule has 1 atom stereocenters. The normalized spacial score (nSPS) is 11.6. The van der Waals surface area contributed by atoms with E-state index in [0.717, 1.165) is 11.0 Å². The molecule has 25 heavy (non-hydrogen) atoms. The summed E-state index contributed by atoms with van der Waals surface area (Å²) >= 11 is 7.38. The molecular formula is C18H17ClFNO3S. The third kappa shape index (κ3) is 6.40. The first-order valence-corrected chi connectivity index (χ1v) is 8.95. The van der Waals surface area contributed by atoms with Crippen LogP contribution in [-0.4, -0.2) is 23.7 Å². The molecule has 1 N–H and O–H groups in total. The number of amides is 1. The van der Waals surface area contributed by atoms with E-state index in [1.807, 2.05) is 30.3 Å². The molecule has 0 aliphatic heterocycles. The SMILES string of the molecule is C[C@H](OC(=O)CCSc1ccccc1)C(=O)Nc1ccc(F)cc1Cl. The summed E-state index contributed by atoms with van der Waals surface area (Å²) in [7, 11) is 0. The lowest BCUT2D eigenvalue weighted by atomic mass is 10.3. The Morgan fingerprint density at radius 3 is 2.64 bits per heavy atom. The molecule has 4 nitrogen and oxygen atoms in total. The zero-order valence-corrected chi connectivity index (χ0v) is 15.1. The molecule has 0 heterocycles. The second-order valence-corrected chi connectivity index (χ2v) is 6.73. The van der Waals surface area contributed by atoms with Crippen LogP contribution in [0, 0.1) is 5.82 Å². The number of thioether (sulfide) groups is 1. The van der Waals surface area contributed by atoms with Crippen molar-refractivity contribution in [2.24, 2.45) is 0 Å². The number of ether oxygens (including phenoxy) is 1. The van der Waals surface area contributed by atoms with Crippen LogP contribution in [0.3, 0.4) is 0 Å². The van der Waals surface area contributed by atoms with Gasteiger partial charge in [0.25, 0.3) is 5.91 Å². The van der Waals surface area contributed by atoms with E-state index in [2.05, 4.69) is 5.32 Å². The van der Waals surface area contributed by atoms with Gasteiger partial charge < -0.3 is 10.1 Å². The van der Waals surface area contributed by atoms with Crippen LogP contribution in [0.2, 0.25) is 5.02 Å². The number of nitrogens with one attached hydrogen (secondary N) is 1. The largest absolute Gasteiger partial charge is 0.453 e. The lowest BCUT2D eigenvalue weighted by Gasteiger charge is -2.14. The molecule has 0 spiro atoms. The van der Waals surface area contributed by atoms with Crippen LogP contribution in [0.25, 0.3) is 0 Å². The monoisotopic (exact) mass is 381 g/mol. The molecule has 0 fully saturated rings. The van der Waals surface area contributed by atoms with Gasteiger partial charge in [-0.25, -0.2) is 4.39 Å². The lowest BCUT2D eigenvalue weighted by Crippen LogP contribution is -2.30. The summed E-state index contributed by atoms with van der Waals surface area (Å²) in [5.41, 5.74) is 0.260. The van der Waals surface area contributed by atoms with E-state index in [4.69, 9.17) is 16.3 Å². The van der Waals surface area contributed by atoms with E-state index in [1.165, 1.54) is 30.8 Å². The summed E-state index contributed by atoms with van der Waals surface area (Å²) in [5, 5.41) is 2.58. The summed E-state index contributed by atoms with van der Waals surface area (Å²) in [6, 6.07) is 13.3. The van der Waals surface area contributed by atoms with Crippen molar-refractivity contribution in [2.75, 3.05) is 11.1 Å². The number of halogens is 2. The van der Waals surface area contributed by atoms with Gasteiger partial charge in [0.05, 0.1) is 17.1 Å². The first kappa shape index (κ1) is 19.3. The Balaban J connectivity index is 1.77. The number of hydrogen-bond acceptors (Lipinski definition) is 4. The molecule has 2 rings (SSSR count). The second kappa shape index (κ2) is 9.44. The highest BCUT2D eigenvalue weighted by Gasteiger charge is 2.18. The molecule has 0 unspecified atom stereocenters. The Morgan fingerprint density at radius 1 is 1.24 bits per heavy atom. The van der Waals surface area contributed by atoms with Gasteiger partial charge in [-0.1, -0.05) is 29.8 Å². The smallest absolute Gasteiger partial charge is 0.307 e. The van der Waals surface area contributed by atoms with Crippen LogP contribution < -0.4 is 5.32 Å². The fourth-order valence-electron chi connectivity index (χ4n) is 1.90. The van der Waals surface area contributed by atoms with Gasteiger partial charge >= 0.3 is 5.97 Å². The maximum absolute atomic E-state index is 13.0. The fraction of sp³-hybridized carbons (Fsp3) is 0.222. The van der Waals surface area contributed by atoms with E-state index in [9.17, 15) is 14.0 Å². The van der Waals surface area contributed by atoms with E-state index in [0.29, 0.717) is 5.75 Å².